The molecular formula is C21H28O3. The second-order valence-electron chi connectivity index (χ2n) is 9.34. The lowest BCUT2D eigenvalue weighted by Crippen LogP contribution is -2.39. The largest absolute Gasteiger partial charge is 0.458 e. The summed E-state index contributed by atoms with van der Waals surface area (Å²) in [6, 6.07) is 0. The van der Waals surface area contributed by atoms with E-state index in [4.69, 9.17) is 9.47 Å². The second kappa shape index (κ2) is 4.75. The first-order valence-corrected chi connectivity index (χ1v) is 9.69. The zero-order valence-corrected chi connectivity index (χ0v) is 15.0. The van der Waals surface area contributed by atoms with Crippen LogP contribution in [0.3, 0.4) is 0 Å². The Kier molecular flexibility index (Phi) is 3.01. The molecule has 5 aliphatic rings. The number of ether oxygens (including phenoxy) is 2. The second-order valence-corrected chi connectivity index (χ2v) is 9.34. The average Bonchev–Trinajstić information content (AvgIpc) is 3.26. The van der Waals surface area contributed by atoms with Crippen LogP contribution in [0.25, 0.3) is 0 Å². The lowest BCUT2D eigenvalue weighted by atomic mass is 9.70. The number of fused-ring (bicyclic) bond motifs is 7. The van der Waals surface area contributed by atoms with E-state index in [9.17, 15) is 4.79 Å². The zero-order valence-electron chi connectivity index (χ0n) is 15.0. The molecule has 24 heavy (non-hydrogen) atoms. The van der Waals surface area contributed by atoms with Crippen LogP contribution in [0.2, 0.25) is 0 Å². The van der Waals surface area contributed by atoms with E-state index in [1.807, 2.05) is 0 Å². The SMILES string of the molecule is CC1(C)[C@H]2CC[C@]1(C)[C@H](OC(=O)C1=C3[C@@H]4C=C[C@@H](O4)[C@@H]3CCC1)C2. The molecule has 0 N–H and O–H groups in total. The number of carbonyl (C=O) groups is 1. The lowest BCUT2D eigenvalue weighted by Gasteiger charge is -2.38. The van der Waals surface area contributed by atoms with Crippen LogP contribution < -0.4 is 0 Å². The summed E-state index contributed by atoms with van der Waals surface area (Å²) in [6.45, 7) is 7.07. The predicted octanol–water partition coefficient (Wildman–Crippen LogP) is 4.18. The van der Waals surface area contributed by atoms with Crippen molar-refractivity contribution in [3.05, 3.63) is 23.3 Å². The van der Waals surface area contributed by atoms with Gasteiger partial charge >= 0.3 is 5.97 Å². The van der Waals surface area contributed by atoms with Gasteiger partial charge in [0.2, 0.25) is 0 Å². The van der Waals surface area contributed by atoms with Gasteiger partial charge in [-0.1, -0.05) is 32.9 Å². The molecule has 0 amide bonds. The summed E-state index contributed by atoms with van der Waals surface area (Å²) in [5, 5.41) is 0. The van der Waals surface area contributed by atoms with Crippen molar-refractivity contribution in [1.82, 2.24) is 0 Å². The van der Waals surface area contributed by atoms with Gasteiger partial charge in [-0.15, -0.1) is 0 Å². The Morgan fingerprint density at radius 2 is 2.08 bits per heavy atom. The maximum atomic E-state index is 13.0. The first-order valence-electron chi connectivity index (χ1n) is 9.69. The molecule has 0 unspecified atom stereocenters. The minimum absolute atomic E-state index is 0.0370. The summed E-state index contributed by atoms with van der Waals surface area (Å²) >= 11 is 0. The minimum Gasteiger partial charge on any atom is -0.458 e. The Bertz CT molecular complexity index is 658. The number of rotatable bonds is 2. The molecule has 130 valence electrons. The molecule has 3 heteroatoms. The number of esters is 1. The van der Waals surface area contributed by atoms with Gasteiger partial charge in [0.1, 0.15) is 6.10 Å². The first kappa shape index (κ1) is 15.2. The van der Waals surface area contributed by atoms with Crippen LogP contribution >= 0.6 is 0 Å². The molecule has 4 bridgehead atoms. The molecule has 6 atom stereocenters. The number of hydrogen-bond donors (Lipinski definition) is 0. The van der Waals surface area contributed by atoms with Crippen LogP contribution in [-0.4, -0.2) is 24.3 Å². The van der Waals surface area contributed by atoms with Crippen LogP contribution in [-0.2, 0) is 14.3 Å². The van der Waals surface area contributed by atoms with Crippen molar-refractivity contribution in [2.75, 3.05) is 0 Å². The van der Waals surface area contributed by atoms with Crippen LogP contribution in [0.1, 0.15) is 59.3 Å². The zero-order chi connectivity index (χ0) is 16.7. The van der Waals surface area contributed by atoms with Gasteiger partial charge in [0.25, 0.3) is 0 Å². The van der Waals surface area contributed by atoms with Gasteiger partial charge in [0, 0.05) is 16.9 Å². The van der Waals surface area contributed by atoms with E-state index >= 15 is 0 Å². The predicted molar refractivity (Wildman–Crippen MR) is 91.3 cm³/mol. The van der Waals surface area contributed by atoms with Gasteiger partial charge in [-0.3, -0.25) is 0 Å². The third-order valence-corrected chi connectivity index (χ3v) is 8.38. The van der Waals surface area contributed by atoms with Crippen molar-refractivity contribution in [2.24, 2.45) is 22.7 Å². The van der Waals surface area contributed by atoms with Crippen molar-refractivity contribution in [2.45, 2.75) is 77.6 Å². The maximum absolute atomic E-state index is 13.0. The molecule has 5 rings (SSSR count). The third-order valence-electron chi connectivity index (χ3n) is 8.38. The number of hydrogen-bond acceptors (Lipinski definition) is 3. The van der Waals surface area contributed by atoms with E-state index in [-0.39, 0.29) is 35.1 Å². The van der Waals surface area contributed by atoms with Crippen LogP contribution in [0.4, 0.5) is 0 Å². The highest BCUT2D eigenvalue weighted by Crippen LogP contribution is 2.66. The molecule has 0 aromatic carbocycles. The van der Waals surface area contributed by atoms with Gasteiger partial charge in [-0.2, -0.15) is 0 Å². The fraction of sp³-hybridized carbons (Fsp3) is 0.762. The highest BCUT2D eigenvalue weighted by Gasteiger charge is 2.63. The summed E-state index contributed by atoms with van der Waals surface area (Å²) in [4.78, 5) is 13.0. The lowest BCUT2D eigenvalue weighted by molar-refractivity contribution is -0.152. The molecule has 3 nitrogen and oxygen atoms in total. The van der Waals surface area contributed by atoms with E-state index in [0.717, 1.165) is 31.3 Å². The van der Waals surface area contributed by atoms with E-state index in [0.29, 0.717) is 11.8 Å². The van der Waals surface area contributed by atoms with Crippen molar-refractivity contribution in [3.63, 3.8) is 0 Å². The molecule has 0 aromatic heterocycles. The number of carbonyl (C=O) groups excluding carboxylic acids is 1. The first-order chi connectivity index (χ1) is 11.4. The quantitative estimate of drug-likeness (QED) is 0.563. The topological polar surface area (TPSA) is 35.5 Å². The molecule has 0 aromatic rings. The van der Waals surface area contributed by atoms with E-state index in [2.05, 4.69) is 32.9 Å². The minimum atomic E-state index is -0.0474. The van der Waals surface area contributed by atoms with Crippen molar-refractivity contribution < 1.29 is 14.3 Å². The molecule has 0 spiro atoms. The smallest absolute Gasteiger partial charge is 0.334 e. The molecule has 1 saturated heterocycles. The van der Waals surface area contributed by atoms with Gasteiger partial charge in [-0.25, -0.2) is 4.79 Å². The maximum Gasteiger partial charge on any atom is 0.334 e. The molecule has 3 fully saturated rings. The summed E-state index contributed by atoms with van der Waals surface area (Å²) in [6.07, 6.45) is 11.2. The fourth-order valence-electron chi connectivity index (χ4n) is 6.35. The Hall–Kier alpha value is -1.09. The molecule has 3 aliphatic carbocycles. The Balaban J connectivity index is 1.41. The molecule has 2 saturated carbocycles. The van der Waals surface area contributed by atoms with Crippen molar-refractivity contribution in [3.8, 4) is 0 Å². The van der Waals surface area contributed by atoms with E-state index < -0.39 is 0 Å². The van der Waals surface area contributed by atoms with Crippen molar-refractivity contribution in [1.29, 1.82) is 0 Å². The fourth-order valence-corrected chi connectivity index (χ4v) is 6.35. The summed E-state index contributed by atoms with van der Waals surface area (Å²) in [5.41, 5.74) is 2.60. The van der Waals surface area contributed by atoms with Crippen LogP contribution in [0.15, 0.2) is 23.3 Å². The molecule has 2 aliphatic heterocycles. The summed E-state index contributed by atoms with van der Waals surface area (Å²) < 4.78 is 12.2. The summed E-state index contributed by atoms with van der Waals surface area (Å²) in [7, 11) is 0. The molecule has 2 heterocycles. The Morgan fingerprint density at radius 3 is 2.79 bits per heavy atom. The Morgan fingerprint density at radius 1 is 1.25 bits per heavy atom. The molecule has 0 radical (unpaired) electrons. The van der Waals surface area contributed by atoms with E-state index in [1.165, 1.54) is 18.4 Å². The van der Waals surface area contributed by atoms with Crippen LogP contribution in [0, 0.1) is 22.7 Å². The van der Waals surface area contributed by atoms with Crippen LogP contribution in [0.5, 0.6) is 0 Å². The van der Waals surface area contributed by atoms with Gasteiger partial charge in [0.05, 0.1) is 12.2 Å². The summed E-state index contributed by atoms with van der Waals surface area (Å²) in [5.74, 6) is 1.07. The van der Waals surface area contributed by atoms with Gasteiger partial charge < -0.3 is 9.47 Å². The molecular weight excluding hydrogens is 300 g/mol. The van der Waals surface area contributed by atoms with Crippen molar-refractivity contribution >= 4 is 5.97 Å². The standard InChI is InChI=1S/C21H28O3/c1-20(2)12-9-10-21(20,3)17(11-12)24-19(22)14-6-4-5-13-15-7-8-16(23-15)18(13)14/h7-8,12-13,15-17H,4-6,9-11H2,1-3H3/t12-,13-,15+,16-,17+,21+/m0/s1. The van der Waals surface area contributed by atoms with Gasteiger partial charge in [-0.05, 0) is 55.4 Å². The monoisotopic (exact) mass is 328 g/mol. The van der Waals surface area contributed by atoms with E-state index in [1.54, 1.807) is 0 Å². The highest BCUT2D eigenvalue weighted by molar-refractivity contribution is 5.90. The van der Waals surface area contributed by atoms with Gasteiger partial charge in [0.15, 0.2) is 0 Å². The normalized spacial score (nSPS) is 47.4. The Labute approximate surface area is 144 Å². The third kappa shape index (κ3) is 1.75. The average molecular weight is 328 g/mol. The highest BCUT2D eigenvalue weighted by atomic mass is 16.5.